The number of imide groups is 1. The summed E-state index contributed by atoms with van der Waals surface area (Å²) in [5.74, 6) is -2.22. The fraction of sp³-hybridized carbons (Fsp3) is 0.500. The van der Waals surface area contributed by atoms with E-state index in [0.29, 0.717) is 11.4 Å². The molecule has 0 aliphatic carbocycles. The Labute approximate surface area is 149 Å². The molecule has 1 heterocycles. The summed E-state index contributed by atoms with van der Waals surface area (Å²) in [6, 6.07) is 3.56. The Morgan fingerprint density at radius 3 is 2.38 bits per heavy atom. The summed E-state index contributed by atoms with van der Waals surface area (Å²) in [5.41, 5.74) is 1.25. The smallest absolute Gasteiger partial charge is 0.273 e. The van der Waals surface area contributed by atoms with Crippen molar-refractivity contribution in [3.8, 4) is 0 Å². The maximum atomic E-state index is 12.5. The molecule has 0 bridgehead atoms. The third-order valence-corrected chi connectivity index (χ3v) is 4.33. The number of halogens is 3. The van der Waals surface area contributed by atoms with Gasteiger partial charge in [0.25, 0.3) is 11.8 Å². The molecular weight excluding hydrogens is 349 g/mol. The van der Waals surface area contributed by atoms with Crippen LogP contribution in [0.1, 0.15) is 61.4 Å². The van der Waals surface area contributed by atoms with Crippen molar-refractivity contribution in [2.45, 2.75) is 51.6 Å². The van der Waals surface area contributed by atoms with E-state index in [2.05, 4.69) is 12.3 Å². The largest absolute Gasteiger partial charge is 0.416 e. The van der Waals surface area contributed by atoms with Gasteiger partial charge in [-0.25, -0.2) is 0 Å². The molecule has 26 heavy (non-hydrogen) atoms. The minimum atomic E-state index is -4.50. The average Bonchev–Trinajstić information content (AvgIpc) is 2.85. The van der Waals surface area contributed by atoms with Crippen LogP contribution in [0.5, 0.6) is 0 Å². The molecule has 1 aliphatic heterocycles. The van der Waals surface area contributed by atoms with E-state index < -0.39 is 35.4 Å². The first-order valence-corrected chi connectivity index (χ1v) is 8.59. The maximum Gasteiger partial charge on any atom is 0.416 e. The topological polar surface area (TPSA) is 66.5 Å². The van der Waals surface area contributed by atoms with E-state index in [1.54, 1.807) is 0 Å². The van der Waals surface area contributed by atoms with Crippen molar-refractivity contribution in [1.29, 1.82) is 0 Å². The predicted molar refractivity (Wildman–Crippen MR) is 87.6 cm³/mol. The molecule has 0 saturated carbocycles. The van der Waals surface area contributed by atoms with Gasteiger partial charge in [-0.3, -0.25) is 19.8 Å². The van der Waals surface area contributed by atoms with Gasteiger partial charge < -0.3 is 0 Å². The van der Waals surface area contributed by atoms with Gasteiger partial charge in [-0.2, -0.15) is 18.2 Å². The summed E-state index contributed by atoms with van der Waals surface area (Å²) < 4.78 is 37.6. The fourth-order valence-corrected chi connectivity index (χ4v) is 2.83. The van der Waals surface area contributed by atoms with Crippen LogP contribution in [0.4, 0.5) is 13.2 Å². The number of alkyl halides is 3. The zero-order chi connectivity index (χ0) is 19.3. The molecule has 0 radical (unpaired) electrons. The predicted octanol–water partition coefficient (Wildman–Crippen LogP) is 3.70. The van der Waals surface area contributed by atoms with Crippen molar-refractivity contribution in [2.75, 3.05) is 0 Å². The van der Waals surface area contributed by atoms with Crippen molar-refractivity contribution in [1.82, 2.24) is 10.4 Å². The lowest BCUT2D eigenvalue weighted by Crippen LogP contribution is -2.46. The first-order valence-electron chi connectivity index (χ1n) is 8.59. The van der Waals surface area contributed by atoms with Gasteiger partial charge in [0.1, 0.15) is 0 Å². The lowest BCUT2D eigenvalue weighted by atomic mass is 9.99. The van der Waals surface area contributed by atoms with Crippen LogP contribution in [0.2, 0.25) is 0 Å². The first kappa shape index (κ1) is 19.9. The second kappa shape index (κ2) is 8.33. The van der Waals surface area contributed by atoms with Crippen molar-refractivity contribution in [3.63, 3.8) is 0 Å². The van der Waals surface area contributed by atoms with Gasteiger partial charge in [-0.15, -0.1) is 0 Å². The second-order valence-corrected chi connectivity index (χ2v) is 6.33. The van der Waals surface area contributed by atoms with E-state index in [1.807, 2.05) is 0 Å². The number of carbonyl (C=O) groups is 3. The molecule has 3 amide bonds. The van der Waals surface area contributed by atoms with E-state index in [1.165, 1.54) is 0 Å². The van der Waals surface area contributed by atoms with Crippen LogP contribution in [-0.4, -0.2) is 22.7 Å². The monoisotopic (exact) mass is 370 g/mol. The third-order valence-electron chi connectivity index (χ3n) is 4.33. The van der Waals surface area contributed by atoms with E-state index in [4.69, 9.17) is 0 Å². The summed E-state index contributed by atoms with van der Waals surface area (Å²) in [6.07, 6.45) is 0.0526. The molecule has 0 spiro atoms. The van der Waals surface area contributed by atoms with Crippen molar-refractivity contribution in [2.24, 2.45) is 5.92 Å². The molecule has 142 valence electrons. The molecule has 1 N–H and O–H groups in total. The average molecular weight is 370 g/mol. The molecular formula is C18H21F3N2O3. The zero-order valence-corrected chi connectivity index (χ0v) is 14.4. The molecule has 0 aromatic heterocycles. The molecule has 8 heteroatoms. The minimum absolute atomic E-state index is 0.0399. The number of nitrogens with one attached hydrogen (secondary N) is 1. The van der Waals surface area contributed by atoms with Crippen LogP contribution >= 0.6 is 0 Å². The first-order chi connectivity index (χ1) is 12.2. The van der Waals surface area contributed by atoms with Crippen LogP contribution in [-0.2, 0) is 15.8 Å². The summed E-state index contributed by atoms with van der Waals surface area (Å²) >= 11 is 0. The number of benzene rings is 1. The molecule has 1 fully saturated rings. The van der Waals surface area contributed by atoms with Gasteiger partial charge in [0.2, 0.25) is 5.91 Å². The van der Waals surface area contributed by atoms with Crippen LogP contribution < -0.4 is 5.43 Å². The van der Waals surface area contributed by atoms with E-state index in [-0.39, 0.29) is 12.0 Å². The Kier molecular flexibility index (Phi) is 6.39. The standard InChI is InChI=1S/C18H21F3N2O3/c1-2-3-4-5-6-13-11-15(24)23(17(13)26)22-16(25)12-7-9-14(10-8-12)18(19,20)21/h7-10,13H,2-6,11H2,1H3,(H,22,25). The van der Waals surface area contributed by atoms with Gasteiger partial charge >= 0.3 is 6.18 Å². The highest BCUT2D eigenvalue weighted by Crippen LogP contribution is 2.29. The van der Waals surface area contributed by atoms with Crippen LogP contribution in [0.15, 0.2) is 24.3 Å². The normalized spacial score (nSPS) is 17.7. The molecule has 1 aromatic rings. The number of hydrogen-bond donors (Lipinski definition) is 1. The Balaban J connectivity index is 1.96. The number of carbonyl (C=O) groups excluding carboxylic acids is 3. The molecule has 2 rings (SSSR count). The number of hydrogen-bond acceptors (Lipinski definition) is 3. The third kappa shape index (κ3) is 4.83. The van der Waals surface area contributed by atoms with Gasteiger partial charge in [-0.1, -0.05) is 32.6 Å². The number of rotatable bonds is 7. The van der Waals surface area contributed by atoms with Crippen molar-refractivity contribution < 1.29 is 27.6 Å². The Bertz CT molecular complexity index is 671. The highest BCUT2D eigenvalue weighted by atomic mass is 19.4. The van der Waals surface area contributed by atoms with Gasteiger partial charge in [0.15, 0.2) is 0 Å². The highest BCUT2D eigenvalue weighted by molar-refractivity contribution is 6.06. The molecule has 1 aromatic carbocycles. The van der Waals surface area contributed by atoms with Crippen molar-refractivity contribution in [3.05, 3.63) is 35.4 Å². The van der Waals surface area contributed by atoms with Crippen molar-refractivity contribution >= 4 is 17.7 Å². The molecule has 1 aliphatic rings. The summed E-state index contributed by atoms with van der Waals surface area (Å²) in [6.45, 7) is 2.07. The SMILES string of the molecule is CCCCCCC1CC(=O)N(NC(=O)c2ccc(C(F)(F)F)cc2)C1=O. The molecule has 1 saturated heterocycles. The molecule has 1 atom stereocenters. The Hall–Kier alpha value is -2.38. The van der Waals surface area contributed by atoms with Gasteiger partial charge in [-0.05, 0) is 30.7 Å². The van der Waals surface area contributed by atoms with E-state index in [9.17, 15) is 27.6 Å². The Morgan fingerprint density at radius 2 is 1.81 bits per heavy atom. The minimum Gasteiger partial charge on any atom is -0.273 e. The zero-order valence-electron chi connectivity index (χ0n) is 14.4. The van der Waals surface area contributed by atoms with Gasteiger partial charge in [0, 0.05) is 17.9 Å². The summed E-state index contributed by atoms with van der Waals surface area (Å²) in [5, 5.41) is 0.685. The van der Waals surface area contributed by atoms with E-state index in [0.717, 1.165) is 49.9 Å². The highest BCUT2D eigenvalue weighted by Gasteiger charge is 2.39. The number of nitrogens with zero attached hydrogens (tertiary/aromatic N) is 1. The quantitative estimate of drug-likeness (QED) is 0.588. The lowest BCUT2D eigenvalue weighted by molar-refractivity contribution is -0.142. The molecule has 1 unspecified atom stereocenters. The summed E-state index contributed by atoms with van der Waals surface area (Å²) in [4.78, 5) is 36.4. The number of hydrazine groups is 1. The van der Waals surface area contributed by atoms with E-state index >= 15 is 0 Å². The maximum absolute atomic E-state index is 12.5. The van der Waals surface area contributed by atoms with Crippen LogP contribution in [0.3, 0.4) is 0 Å². The number of unbranched alkanes of at least 4 members (excludes halogenated alkanes) is 3. The summed E-state index contributed by atoms with van der Waals surface area (Å²) in [7, 11) is 0. The van der Waals surface area contributed by atoms with Crippen LogP contribution in [0, 0.1) is 5.92 Å². The fourth-order valence-electron chi connectivity index (χ4n) is 2.83. The second-order valence-electron chi connectivity index (χ2n) is 6.33. The molecule has 5 nitrogen and oxygen atoms in total. The lowest BCUT2D eigenvalue weighted by Gasteiger charge is -2.16. The van der Waals surface area contributed by atoms with Gasteiger partial charge in [0.05, 0.1) is 5.56 Å². The Morgan fingerprint density at radius 1 is 1.15 bits per heavy atom. The number of amides is 3. The van der Waals surface area contributed by atoms with Crippen LogP contribution in [0.25, 0.3) is 0 Å².